The summed E-state index contributed by atoms with van der Waals surface area (Å²) in [5.41, 5.74) is 0.679. The minimum Gasteiger partial charge on any atom is -0.387 e. The summed E-state index contributed by atoms with van der Waals surface area (Å²) < 4.78 is 0. The average molecular weight is 346 g/mol. The molecule has 122 valence electrons. The van der Waals surface area contributed by atoms with Crippen LogP contribution in [-0.4, -0.2) is 72.7 Å². The Morgan fingerprint density at radius 2 is 1.91 bits per heavy atom. The van der Waals surface area contributed by atoms with Crippen LogP contribution in [0.3, 0.4) is 0 Å². The molecule has 0 aromatic heterocycles. The average Bonchev–Trinajstić information content (AvgIpc) is 2.47. The van der Waals surface area contributed by atoms with Crippen molar-refractivity contribution in [2.45, 2.75) is 6.10 Å². The summed E-state index contributed by atoms with van der Waals surface area (Å²) in [5.74, 6) is 0. The van der Waals surface area contributed by atoms with Crippen molar-refractivity contribution < 1.29 is 9.90 Å². The summed E-state index contributed by atoms with van der Waals surface area (Å²) in [6.45, 7) is 3.30. The monoisotopic (exact) mass is 345 g/mol. The first kappa shape index (κ1) is 17.3. The molecule has 1 aromatic rings. The second kappa shape index (κ2) is 7.51. The predicted molar refractivity (Wildman–Crippen MR) is 88.5 cm³/mol. The van der Waals surface area contributed by atoms with Crippen molar-refractivity contribution in [1.29, 1.82) is 0 Å². The standard InChI is InChI=1S/C15H21Cl2N3O2/c1-18(2)15(22)20-7-5-19(6-8-20)10-14(21)12-4-3-11(16)9-13(12)17/h3-4,9,14,21H,5-8,10H2,1-2H3. The molecule has 1 fully saturated rings. The van der Waals surface area contributed by atoms with Gasteiger partial charge in [0.15, 0.2) is 0 Å². The van der Waals surface area contributed by atoms with Gasteiger partial charge in [-0.2, -0.15) is 0 Å². The topological polar surface area (TPSA) is 47.0 Å². The molecular weight excluding hydrogens is 325 g/mol. The minimum absolute atomic E-state index is 0.0287. The second-order valence-corrected chi connectivity index (χ2v) is 6.49. The Labute approximate surface area is 141 Å². The van der Waals surface area contributed by atoms with Crippen LogP contribution < -0.4 is 0 Å². The lowest BCUT2D eigenvalue weighted by Gasteiger charge is -2.36. The van der Waals surface area contributed by atoms with Crippen molar-refractivity contribution in [2.24, 2.45) is 0 Å². The van der Waals surface area contributed by atoms with E-state index >= 15 is 0 Å². The number of halogens is 2. The van der Waals surface area contributed by atoms with Gasteiger partial charge in [0.25, 0.3) is 0 Å². The molecule has 1 saturated heterocycles. The smallest absolute Gasteiger partial charge is 0.319 e. The van der Waals surface area contributed by atoms with E-state index in [1.807, 2.05) is 4.90 Å². The van der Waals surface area contributed by atoms with Crippen LogP contribution in [-0.2, 0) is 0 Å². The Hall–Kier alpha value is -1.01. The van der Waals surface area contributed by atoms with Gasteiger partial charge in [-0.05, 0) is 12.1 Å². The highest BCUT2D eigenvalue weighted by Crippen LogP contribution is 2.27. The number of carbonyl (C=O) groups excluding carboxylic acids is 1. The number of nitrogens with zero attached hydrogens (tertiary/aromatic N) is 3. The van der Waals surface area contributed by atoms with Gasteiger partial charge < -0.3 is 14.9 Å². The van der Waals surface area contributed by atoms with E-state index in [1.165, 1.54) is 0 Å². The first-order chi connectivity index (χ1) is 10.4. The highest BCUT2D eigenvalue weighted by Gasteiger charge is 2.24. The quantitative estimate of drug-likeness (QED) is 0.914. The molecule has 1 atom stereocenters. The van der Waals surface area contributed by atoms with E-state index in [9.17, 15) is 9.90 Å². The van der Waals surface area contributed by atoms with Gasteiger partial charge in [-0.3, -0.25) is 4.90 Å². The zero-order valence-electron chi connectivity index (χ0n) is 12.8. The zero-order chi connectivity index (χ0) is 16.3. The van der Waals surface area contributed by atoms with Gasteiger partial charge in [-0.15, -0.1) is 0 Å². The SMILES string of the molecule is CN(C)C(=O)N1CCN(CC(O)c2ccc(Cl)cc2Cl)CC1. The molecule has 1 heterocycles. The Kier molecular flexibility index (Phi) is 5.92. The van der Waals surface area contributed by atoms with Crippen molar-refractivity contribution in [3.05, 3.63) is 33.8 Å². The Morgan fingerprint density at radius 3 is 2.45 bits per heavy atom. The number of aliphatic hydroxyl groups is 1. The van der Waals surface area contributed by atoms with E-state index < -0.39 is 6.10 Å². The maximum atomic E-state index is 11.9. The van der Waals surface area contributed by atoms with Crippen LogP contribution in [0.15, 0.2) is 18.2 Å². The molecule has 22 heavy (non-hydrogen) atoms. The first-order valence-electron chi connectivity index (χ1n) is 7.20. The van der Waals surface area contributed by atoms with Crippen LogP contribution in [0.1, 0.15) is 11.7 Å². The van der Waals surface area contributed by atoms with Crippen molar-refractivity contribution in [3.63, 3.8) is 0 Å². The Balaban J connectivity index is 1.89. The van der Waals surface area contributed by atoms with Crippen molar-refractivity contribution in [3.8, 4) is 0 Å². The van der Waals surface area contributed by atoms with Crippen molar-refractivity contribution in [2.75, 3.05) is 46.8 Å². The van der Waals surface area contributed by atoms with Crippen LogP contribution in [0.2, 0.25) is 10.0 Å². The molecule has 0 aliphatic carbocycles. The molecule has 2 rings (SSSR count). The molecule has 1 aliphatic rings. The summed E-state index contributed by atoms with van der Waals surface area (Å²) in [6.07, 6.45) is -0.666. The number of urea groups is 1. The van der Waals surface area contributed by atoms with E-state index in [4.69, 9.17) is 23.2 Å². The molecule has 2 amide bonds. The van der Waals surface area contributed by atoms with Gasteiger partial charge in [0.1, 0.15) is 0 Å². The fourth-order valence-corrected chi connectivity index (χ4v) is 3.05. The number of hydrogen-bond acceptors (Lipinski definition) is 3. The molecule has 0 spiro atoms. The summed E-state index contributed by atoms with van der Waals surface area (Å²) in [7, 11) is 3.50. The highest BCUT2D eigenvalue weighted by atomic mass is 35.5. The van der Waals surface area contributed by atoms with Crippen LogP contribution in [0.5, 0.6) is 0 Å². The van der Waals surface area contributed by atoms with Gasteiger partial charge in [0.2, 0.25) is 0 Å². The Morgan fingerprint density at radius 1 is 1.27 bits per heavy atom. The molecule has 0 saturated carbocycles. The van der Waals surface area contributed by atoms with Crippen molar-refractivity contribution in [1.82, 2.24) is 14.7 Å². The van der Waals surface area contributed by atoms with E-state index in [1.54, 1.807) is 37.2 Å². The molecular formula is C15H21Cl2N3O2. The second-order valence-electron chi connectivity index (χ2n) is 5.65. The fourth-order valence-electron chi connectivity index (χ4n) is 2.52. The van der Waals surface area contributed by atoms with Crippen LogP contribution in [0.25, 0.3) is 0 Å². The largest absolute Gasteiger partial charge is 0.387 e. The summed E-state index contributed by atoms with van der Waals surface area (Å²) in [6, 6.07) is 5.14. The maximum absolute atomic E-state index is 11.9. The van der Waals surface area contributed by atoms with Gasteiger partial charge in [0.05, 0.1) is 6.10 Å². The maximum Gasteiger partial charge on any atom is 0.319 e. The third-order valence-electron chi connectivity index (χ3n) is 3.78. The molecule has 7 heteroatoms. The molecule has 1 unspecified atom stereocenters. The fraction of sp³-hybridized carbons (Fsp3) is 0.533. The number of rotatable bonds is 3. The highest BCUT2D eigenvalue weighted by molar-refractivity contribution is 6.35. The predicted octanol–water partition coefficient (Wildman–Crippen LogP) is 2.33. The zero-order valence-corrected chi connectivity index (χ0v) is 14.3. The van der Waals surface area contributed by atoms with Crippen LogP contribution >= 0.6 is 23.2 Å². The summed E-state index contributed by atoms with van der Waals surface area (Å²) in [4.78, 5) is 17.4. The molecule has 0 bridgehead atoms. The third kappa shape index (κ3) is 4.26. The normalized spacial score (nSPS) is 17.4. The van der Waals surface area contributed by atoms with Gasteiger partial charge in [-0.1, -0.05) is 29.3 Å². The Bertz CT molecular complexity index is 532. The minimum atomic E-state index is -0.666. The lowest BCUT2D eigenvalue weighted by molar-refractivity contribution is 0.0762. The number of carbonyl (C=O) groups is 1. The van der Waals surface area contributed by atoms with E-state index in [0.29, 0.717) is 35.2 Å². The molecule has 5 nitrogen and oxygen atoms in total. The van der Waals surface area contributed by atoms with Crippen LogP contribution in [0.4, 0.5) is 4.79 Å². The lowest BCUT2D eigenvalue weighted by atomic mass is 10.1. The van der Waals surface area contributed by atoms with E-state index in [2.05, 4.69) is 4.90 Å². The molecule has 1 aliphatic heterocycles. The third-order valence-corrected chi connectivity index (χ3v) is 4.34. The first-order valence-corrected chi connectivity index (χ1v) is 7.95. The van der Waals surface area contributed by atoms with Crippen molar-refractivity contribution >= 4 is 29.2 Å². The summed E-state index contributed by atoms with van der Waals surface area (Å²) in [5, 5.41) is 11.4. The number of β-amino-alcohol motifs (C(OH)–C–C–N with tert-alkyl or cyclic N) is 1. The van der Waals surface area contributed by atoms with Crippen LogP contribution in [0, 0.1) is 0 Å². The number of amides is 2. The van der Waals surface area contributed by atoms with E-state index in [0.717, 1.165) is 13.1 Å². The number of hydrogen-bond donors (Lipinski definition) is 1. The number of benzene rings is 1. The number of aliphatic hydroxyl groups excluding tert-OH is 1. The number of piperazine rings is 1. The van der Waals surface area contributed by atoms with Gasteiger partial charge >= 0.3 is 6.03 Å². The van der Waals surface area contributed by atoms with Gasteiger partial charge in [0, 0.05) is 62.4 Å². The molecule has 1 N–H and O–H groups in total. The molecule has 0 radical (unpaired) electrons. The summed E-state index contributed by atoms with van der Waals surface area (Å²) >= 11 is 12.0. The lowest BCUT2D eigenvalue weighted by Crippen LogP contribution is -2.52. The molecule has 1 aromatic carbocycles. The van der Waals surface area contributed by atoms with Gasteiger partial charge in [-0.25, -0.2) is 4.79 Å². The van der Waals surface area contributed by atoms with E-state index in [-0.39, 0.29) is 6.03 Å².